The molecule has 0 aromatic carbocycles. The van der Waals surface area contributed by atoms with E-state index >= 15 is 0 Å². The highest BCUT2D eigenvalue weighted by Crippen LogP contribution is 2.61. The average Bonchev–Trinajstić information content (AvgIpc) is 2.70. The average molecular weight is 325 g/mol. The van der Waals surface area contributed by atoms with Gasteiger partial charge in [-0.05, 0) is 43.0 Å². The highest BCUT2D eigenvalue weighted by molar-refractivity contribution is 8.67. The van der Waals surface area contributed by atoms with Crippen LogP contribution in [0.5, 0.6) is 0 Å². The van der Waals surface area contributed by atoms with Gasteiger partial charge in [-0.2, -0.15) is 4.74 Å². The number of aryl methyl sites for hydroxylation is 1. The SMILES string of the molecule is CCCOP(=S)(OCCC)SCn1oc(C)cc1=O. The van der Waals surface area contributed by atoms with Gasteiger partial charge in [0.1, 0.15) is 11.6 Å². The molecular weight excluding hydrogens is 305 g/mol. The number of hydrogen-bond acceptors (Lipinski definition) is 6. The molecule has 0 fully saturated rings. The molecule has 0 aliphatic carbocycles. The van der Waals surface area contributed by atoms with Crippen LogP contribution in [0.2, 0.25) is 0 Å². The molecule has 0 saturated heterocycles. The molecular formula is C11H20NO4PS2. The molecule has 8 heteroatoms. The van der Waals surface area contributed by atoms with Crippen molar-refractivity contribution in [3.05, 3.63) is 22.2 Å². The third-order valence-corrected chi connectivity index (χ3v) is 7.24. The van der Waals surface area contributed by atoms with Crippen LogP contribution in [-0.2, 0) is 26.7 Å². The van der Waals surface area contributed by atoms with Crippen molar-refractivity contribution in [2.45, 2.75) is 39.5 Å². The van der Waals surface area contributed by atoms with Gasteiger partial charge >= 0.3 is 0 Å². The molecule has 0 spiro atoms. The second-order valence-corrected chi connectivity index (χ2v) is 10.2. The predicted molar refractivity (Wildman–Crippen MR) is 82.1 cm³/mol. The molecule has 110 valence electrons. The van der Waals surface area contributed by atoms with Crippen LogP contribution >= 0.6 is 17.1 Å². The Kier molecular flexibility index (Phi) is 7.39. The van der Waals surface area contributed by atoms with Crippen molar-refractivity contribution in [2.24, 2.45) is 0 Å². The van der Waals surface area contributed by atoms with E-state index in [-0.39, 0.29) is 5.56 Å². The van der Waals surface area contributed by atoms with Gasteiger partial charge in [0.15, 0.2) is 0 Å². The first kappa shape index (κ1) is 17.0. The molecule has 0 radical (unpaired) electrons. The number of rotatable bonds is 9. The van der Waals surface area contributed by atoms with Crippen LogP contribution in [0.25, 0.3) is 0 Å². The van der Waals surface area contributed by atoms with Gasteiger partial charge in [0.05, 0.1) is 13.2 Å². The van der Waals surface area contributed by atoms with Gasteiger partial charge in [-0.15, -0.1) is 0 Å². The molecule has 19 heavy (non-hydrogen) atoms. The molecule has 0 aliphatic heterocycles. The summed E-state index contributed by atoms with van der Waals surface area (Å²) < 4.78 is 17.8. The van der Waals surface area contributed by atoms with Crippen LogP contribution in [0.3, 0.4) is 0 Å². The maximum atomic E-state index is 11.5. The molecule has 0 atom stereocenters. The lowest BCUT2D eigenvalue weighted by molar-refractivity contribution is 0.258. The standard InChI is InChI=1S/C11H20NO4PS2/c1-4-6-14-17(18,15-7-5-2)19-9-12-11(13)8-10(3)16-12/h8H,4-7,9H2,1-3H3. The van der Waals surface area contributed by atoms with Gasteiger partial charge < -0.3 is 13.6 Å². The van der Waals surface area contributed by atoms with Crippen LogP contribution in [0.15, 0.2) is 15.4 Å². The van der Waals surface area contributed by atoms with E-state index in [0.717, 1.165) is 12.8 Å². The largest absolute Gasteiger partial charge is 0.380 e. The van der Waals surface area contributed by atoms with E-state index in [4.69, 9.17) is 25.4 Å². The summed E-state index contributed by atoms with van der Waals surface area (Å²) >= 11 is 6.79. The zero-order valence-electron chi connectivity index (χ0n) is 11.5. The topological polar surface area (TPSA) is 53.6 Å². The van der Waals surface area contributed by atoms with E-state index in [2.05, 4.69) is 0 Å². The molecule has 1 aromatic rings. The van der Waals surface area contributed by atoms with Gasteiger partial charge in [0.25, 0.3) is 5.56 Å². The molecule has 0 amide bonds. The fraction of sp³-hybridized carbons (Fsp3) is 0.727. The highest BCUT2D eigenvalue weighted by Gasteiger charge is 2.20. The van der Waals surface area contributed by atoms with Crippen LogP contribution in [0.4, 0.5) is 0 Å². The molecule has 1 rings (SSSR count). The van der Waals surface area contributed by atoms with Crippen LogP contribution in [0, 0.1) is 6.92 Å². The van der Waals surface area contributed by atoms with E-state index in [1.807, 2.05) is 13.8 Å². The molecule has 1 aromatic heterocycles. The third-order valence-electron chi connectivity index (χ3n) is 2.07. The van der Waals surface area contributed by atoms with E-state index < -0.39 is 5.69 Å². The van der Waals surface area contributed by atoms with Crippen LogP contribution < -0.4 is 5.56 Å². The van der Waals surface area contributed by atoms with Gasteiger partial charge in [-0.3, -0.25) is 4.79 Å². The predicted octanol–water partition coefficient (Wildman–Crippen LogP) is 3.52. The zero-order valence-corrected chi connectivity index (χ0v) is 14.0. The van der Waals surface area contributed by atoms with Crippen molar-refractivity contribution in [3.63, 3.8) is 0 Å². The van der Waals surface area contributed by atoms with Gasteiger partial charge in [0.2, 0.25) is 5.69 Å². The van der Waals surface area contributed by atoms with Crippen molar-refractivity contribution < 1.29 is 13.6 Å². The Morgan fingerprint density at radius 2 is 1.95 bits per heavy atom. The molecule has 1 heterocycles. The van der Waals surface area contributed by atoms with Gasteiger partial charge in [-0.25, -0.2) is 0 Å². The lowest BCUT2D eigenvalue weighted by Crippen LogP contribution is -2.11. The van der Waals surface area contributed by atoms with Gasteiger partial charge in [0, 0.05) is 6.07 Å². The minimum Gasteiger partial charge on any atom is -0.380 e. The fourth-order valence-electron chi connectivity index (χ4n) is 1.22. The van der Waals surface area contributed by atoms with E-state index in [1.54, 1.807) is 6.92 Å². The normalized spacial score (nSPS) is 11.9. The highest BCUT2D eigenvalue weighted by atomic mass is 32.9. The summed E-state index contributed by atoms with van der Waals surface area (Å²) in [5.74, 6) is 0.903. The van der Waals surface area contributed by atoms with Crippen molar-refractivity contribution >= 4 is 28.9 Å². The van der Waals surface area contributed by atoms with Crippen molar-refractivity contribution in [3.8, 4) is 0 Å². The number of nitrogens with zero attached hydrogens (tertiary/aromatic N) is 1. The first-order valence-corrected chi connectivity index (χ1v) is 10.4. The summed E-state index contributed by atoms with van der Waals surface area (Å²) in [5, 5.41) is 0. The Balaban J connectivity index is 2.64. The van der Waals surface area contributed by atoms with Crippen molar-refractivity contribution in [1.82, 2.24) is 4.74 Å². The van der Waals surface area contributed by atoms with Crippen molar-refractivity contribution in [2.75, 3.05) is 13.2 Å². The summed E-state index contributed by atoms with van der Waals surface area (Å²) in [5.41, 5.74) is -2.57. The van der Waals surface area contributed by atoms with Gasteiger partial charge in [-0.1, -0.05) is 13.8 Å². The first-order chi connectivity index (χ1) is 9.00. The minimum absolute atomic E-state index is 0.169. The molecule has 0 unspecified atom stereocenters. The van der Waals surface area contributed by atoms with Crippen LogP contribution in [-0.4, -0.2) is 18.0 Å². The summed E-state index contributed by atoms with van der Waals surface area (Å²) in [4.78, 5) is 11.5. The summed E-state index contributed by atoms with van der Waals surface area (Å²) in [7, 11) is 0. The molecule has 0 saturated carbocycles. The zero-order chi connectivity index (χ0) is 14.3. The summed E-state index contributed by atoms with van der Waals surface area (Å²) in [6, 6.07) is 1.45. The van der Waals surface area contributed by atoms with E-state index in [0.29, 0.717) is 24.9 Å². The maximum absolute atomic E-state index is 11.5. The lowest BCUT2D eigenvalue weighted by Gasteiger charge is -2.20. The quantitative estimate of drug-likeness (QED) is 0.648. The lowest BCUT2D eigenvalue weighted by atomic mass is 10.5. The Morgan fingerprint density at radius 3 is 2.37 bits per heavy atom. The maximum Gasteiger partial charge on any atom is 0.283 e. The van der Waals surface area contributed by atoms with E-state index in [1.165, 1.54) is 22.2 Å². The van der Waals surface area contributed by atoms with Crippen LogP contribution in [0.1, 0.15) is 32.4 Å². The van der Waals surface area contributed by atoms with E-state index in [9.17, 15) is 4.79 Å². The number of aromatic nitrogens is 1. The third kappa shape index (κ3) is 5.83. The Hall–Kier alpha value is -0.0700. The Bertz CT molecular complexity index is 473. The molecule has 0 bridgehead atoms. The second kappa shape index (κ2) is 8.27. The molecule has 0 N–H and O–H groups in total. The monoisotopic (exact) mass is 325 g/mol. The minimum atomic E-state index is -2.40. The first-order valence-electron chi connectivity index (χ1n) is 6.22. The second-order valence-electron chi connectivity index (χ2n) is 3.93. The summed E-state index contributed by atoms with van der Waals surface area (Å²) in [6.07, 6.45) is 1.77. The van der Waals surface area contributed by atoms with Crippen molar-refractivity contribution in [1.29, 1.82) is 0 Å². The smallest absolute Gasteiger partial charge is 0.283 e. The molecule has 5 nitrogen and oxygen atoms in total. The molecule has 0 aliphatic rings. The fourth-order valence-corrected chi connectivity index (χ4v) is 5.19. The Labute approximate surface area is 122 Å². The number of hydrogen-bond donors (Lipinski definition) is 0. The Morgan fingerprint density at radius 1 is 1.37 bits per heavy atom. The summed E-state index contributed by atoms with van der Waals surface area (Å²) in [6.45, 7) is 6.91.